The number of methoxy groups -OCH3 is 1. The van der Waals surface area contributed by atoms with Gasteiger partial charge in [-0.1, -0.05) is 17.2 Å². The third kappa shape index (κ3) is 4.18. The fourth-order valence-electron chi connectivity index (χ4n) is 1.93. The van der Waals surface area contributed by atoms with Gasteiger partial charge in [0.25, 0.3) is 0 Å². The van der Waals surface area contributed by atoms with Crippen LogP contribution in [0.2, 0.25) is 0 Å². The van der Waals surface area contributed by atoms with Crippen LogP contribution in [0.5, 0.6) is 0 Å². The lowest BCUT2D eigenvalue weighted by molar-refractivity contribution is -0.148. The van der Waals surface area contributed by atoms with Gasteiger partial charge in [-0.3, -0.25) is 5.32 Å². The van der Waals surface area contributed by atoms with Crippen LogP contribution in [0.25, 0.3) is 10.4 Å². The van der Waals surface area contributed by atoms with Crippen molar-refractivity contribution in [3.63, 3.8) is 0 Å². The maximum Gasteiger partial charge on any atom is 0.330 e. The second-order valence-electron chi connectivity index (χ2n) is 4.82. The second kappa shape index (κ2) is 7.61. The van der Waals surface area contributed by atoms with Crippen LogP contribution in [0.15, 0.2) is 23.3 Å². The zero-order valence-corrected chi connectivity index (χ0v) is 12.4. The number of aryl methyl sites for hydroxylation is 1. The molecule has 1 aromatic carbocycles. The number of halogens is 1. The van der Waals surface area contributed by atoms with Crippen LogP contribution in [0.4, 0.5) is 4.39 Å². The molecule has 0 fully saturated rings. The molecule has 114 valence electrons. The van der Waals surface area contributed by atoms with Gasteiger partial charge in [0.1, 0.15) is 11.4 Å². The SMILES string of the molecule is COC(=O)C(C)(NCCCN=[N+]=[N-])c1ccc(C)c(F)c1. The molecule has 0 spiro atoms. The fraction of sp³-hybridized carbons (Fsp3) is 0.500. The third-order valence-corrected chi connectivity index (χ3v) is 3.32. The van der Waals surface area contributed by atoms with E-state index < -0.39 is 11.5 Å². The maximum atomic E-state index is 13.7. The Bertz CT molecular complexity index is 558. The predicted octanol–water partition coefficient (Wildman–Crippen LogP) is 2.81. The van der Waals surface area contributed by atoms with Gasteiger partial charge < -0.3 is 4.74 Å². The summed E-state index contributed by atoms with van der Waals surface area (Å²) in [5.74, 6) is -0.881. The Morgan fingerprint density at radius 2 is 2.29 bits per heavy atom. The first kappa shape index (κ1) is 16.9. The van der Waals surface area contributed by atoms with Gasteiger partial charge in [-0.05, 0) is 49.5 Å². The van der Waals surface area contributed by atoms with Gasteiger partial charge in [0.2, 0.25) is 0 Å². The molecular formula is C14H19FN4O2. The number of ether oxygens (including phenoxy) is 1. The van der Waals surface area contributed by atoms with Crippen molar-refractivity contribution in [1.82, 2.24) is 5.32 Å². The van der Waals surface area contributed by atoms with Crippen LogP contribution in [0.3, 0.4) is 0 Å². The topological polar surface area (TPSA) is 87.1 Å². The van der Waals surface area contributed by atoms with Crippen molar-refractivity contribution in [3.8, 4) is 0 Å². The monoisotopic (exact) mass is 294 g/mol. The van der Waals surface area contributed by atoms with Crippen molar-refractivity contribution in [2.45, 2.75) is 25.8 Å². The first-order chi connectivity index (χ1) is 9.95. The van der Waals surface area contributed by atoms with Crippen molar-refractivity contribution < 1.29 is 13.9 Å². The minimum absolute atomic E-state index is 0.322. The number of benzene rings is 1. The summed E-state index contributed by atoms with van der Waals surface area (Å²) in [6.07, 6.45) is 0.561. The summed E-state index contributed by atoms with van der Waals surface area (Å²) in [4.78, 5) is 14.7. The Morgan fingerprint density at radius 3 is 2.86 bits per heavy atom. The zero-order valence-electron chi connectivity index (χ0n) is 12.4. The molecule has 1 aromatic rings. The van der Waals surface area contributed by atoms with Crippen molar-refractivity contribution in [3.05, 3.63) is 45.6 Å². The van der Waals surface area contributed by atoms with E-state index >= 15 is 0 Å². The van der Waals surface area contributed by atoms with Crippen LogP contribution in [0.1, 0.15) is 24.5 Å². The van der Waals surface area contributed by atoms with Gasteiger partial charge in [0.15, 0.2) is 0 Å². The summed E-state index contributed by atoms with van der Waals surface area (Å²) in [7, 11) is 1.28. The molecule has 0 amide bonds. The highest BCUT2D eigenvalue weighted by Crippen LogP contribution is 2.24. The van der Waals surface area contributed by atoms with Crippen molar-refractivity contribution in [1.29, 1.82) is 0 Å². The number of nitrogens with zero attached hydrogens (tertiary/aromatic N) is 3. The number of carbonyl (C=O) groups is 1. The molecule has 0 radical (unpaired) electrons. The molecule has 1 N–H and O–H groups in total. The Kier molecular flexibility index (Phi) is 6.14. The standard InChI is InChI=1S/C14H19FN4O2/c1-10-5-6-11(9-12(10)15)14(2,13(20)21-3)17-7-4-8-18-19-16/h5-6,9,17H,4,7-8H2,1-3H3. The van der Waals surface area contributed by atoms with E-state index in [0.29, 0.717) is 30.6 Å². The summed E-state index contributed by atoms with van der Waals surface area (Å²) in [6, 6.07) is 4.63. The molecule has 7 heteroatoms. The van der Waals surface area contributed by atoms with E-state index in [1.165, 1.54) is 13.2 Å². The molecule has 1 unspecified atom stereocenters. The van der Waals surface area contributed by atoms with Gasteiger partial charge in [0, 0.05) is 11.5 Å². The molecule has 0 saturated heterocycles. The highest BCUT2D eigenvalue weighted by atomic mass is 19.1. The molecule has 0 heterocycles. The van der Waals surface area contributed by atoms with Gasteiger partial charge in [-0.15, -0.1) is 0 Å². The lowest BCUT2D eigenvalue weighted by Crippen LogP contribution is -2.48. The predicted molar refractivity (Wildman–Crippen MR) is 77.1 cm³/mol. The Labute approximate surface area is 122 Å². The van der Waals surface area contributed by atoms with E-state index in [0.717, 1.165) is 0 Å². The van der Waals surface area contributed by atoms with Gasteiger partial charge >= 0.3 is 5.97 Å². The minimum Gasteiger partial charge on any atom is -0.467 e. The Balaban J connectivity index is 2.94. The summed E-state index contributed by atoms with van der Waals surface area (Å²) in [5.41, 5.74) is 8.05. The van der Waals surface area contributed by atoms with E-state index in [1.807, 2.05) is 0 Å². The number of hydrogen-bond donors (Lipinski definition) is 1. The lowest BCUT2D eigenvalue weighted by atomic mass is 9.91. The van der Waals surface area contributed by atoms with Crippen molar-refractivity contribution >= 4 is 5.97 Å². The summed E-state index contributed by atoms with van der Waals surface area (Å²) in [5, 5.41) is 6.46. The average molecular weight is 294 g/mol. The van der Waals surface area contributed by atoms with Crippen LogP contribution < -0.4 is 5.32 Å². The van der Waals surface area contributed by atoms with E-state index in [4.69, 9.17) is 10.3 Å². The van der Waals surface area contributed by atoms with Crippen molar-refractivity contribution in [2.75, 3.05) is 20.2 Å². The average Bonchev–Trinajstić information content (AvgIpc) is 2.48. The molecule has 1 rings (SSSR count). The molecule has 6 nitrogen and oxygen atoms in total. The highest BCUT2D eigenvalue weighted by Gasteiger charge is 2.36. The second-order valence-corrected chi connectivity index (χ2v) is 4.82. The number of hydrogen-bond acceptors (Lipinski definition) is 4. The fourth-order valence-corrected chi connectivity index (χ4v) is 1.93. The first-order valence-corrected chi connectivity index (χ1v) is 6.56. The number of rotatable bonds is 7. The van der Waals surface area contributed by atoms with Crippen LogP contribution in [0, 0.1) is 12.7 Å². The van der Waals surface area contributed by atoms with Gasteiger partial charge in [-0.25, -0.2) is 9.18 Å². The van der Waals surface area contributed by atoms with Crippen LogP contribution in [-0.2, 0) is 15.1 Å². The maximum absolute atomic E-state index is 13.7. The van der Waals surface area contributed by atoms with E-state index in [1.54, 1.807) is 26.0 Å². The number of esters is 1. The van der Waals surface area contributed by atoms with E-state index in [9.17, 15) is 9.18 Å². The molecule has 0 aliphatic rings. The number of azide groups is 1. The number of carbonyl (C=O) groups excluding carboxylic acids is 1. The Hall–Kier alpha value is -2.11. The molecular weight excluding hydrogens is 275 g/mol. The molecule has 0 bridgehead atoms. The highest BCUT2D eigenvalue weighted by molar-refractivity contribution is 5.82. The summed E-state index contributed by atoms with van der Waals surface area (Å²) < 4.78 is 18.5. The van der Waals surface area contributed by atoms with Crippen LogP contribution in [-0.4, -0.2) is 26.2 Å². The summed E-state index contributed by atoms with van der Waals surface area (Å²) >= 11 is 0. The quantitative estimate of drug-likeness (QED) is 0.276. The van der Waals surface area contributed by atoms with Gasteiger partial charge in [-0.2, -0.15) is 0 Å². The largest absolute Gasteiger partial charge is 0.467 e. The number of nitrogens with one attached hydrogen (secondary N) is 1. The minimum atomic E-state index is -1.15. The van der Waals surface area contributed by atoms with E-state index in [2.05, 4.69) is 15.3 Å². The molecule has 0 aliphatic carbocycles. The van der Waals surface area contributed by atoms with Crippen LogP contribution >= 0.6 is 0 Å². The Morgan fingerprint density at radius 1 is 1.57 bits per heavy atom. The third-order valence-electron chi connectivity index (χ3n) is 3.32. The smallest absolute Gasteiger partial charge is 0.330 e. The van der Waals surface area contributed by atoms with Gasteiger partial charge in [0.05, 0.1) is 7.11 Å². The summed E-state index contributed by atoms with van der Waals surface area (Å²) in [6.45, 7) is 4.04. The molecule has 1 atom stereocenters. The van der Waals surface area contributed by atoms with Crippen molar-refractivity contribution in [2.24, 2.45) is 5.11 Å². The van der Waals surface area contributed by atoms with E-state index in [-0.39, 0.29) is 5.82 Å². The zero-order chi connectivity index (χ0) is 15.9. The first-order valence-electron chi connectivity index (χ1n) is 6.56. The normalized spacial score (nSPS) is 13.1. The molecule has 0 aliphatic heterocycles. The lowest BCUT2D eigenvalue weighted by Gasteiger charge is -2.28. The molecule has 0 saturated carbocycles. The molecule has 21 heavy (non-hydrogen) atoms. The molecule has 0 aromatic heterocycles.